The summed E-state index contributed by atoms with van der Waals surface area (Å²) in [6.07, 6.45) is 0.920. The molecule has 0 rings (SSSR count). The maximum Gasteiger partial charge on any atom is 0.231 e. The van der Waals surface area contributed by atoms with E-state index in [0.29, 0.717) is 11.0 Å². The lowest BCUT2D eigenvalue weighted by atomic mass is 10.4. The lowest BCUT2D eigenvalue weighted by molar-refractivity contribution is -0.861. The highest BCUT2D eigenvalue weighted by Gasteiger charge is 2.11. The first-order valence-corrected chi connectivity index (χ1v) is 2.96. The molecule has 0 bridgehead atoms. The van der Waals surface area contributed by atoms with Gasteiger partial charge in [0.1, 0.15) is 12.8 Å². The number of quaternary nitrogens is 1. The molecule has 58 valence electrons. The van der Waals surface area contributed by atoms with Crippen LogP contribution in [0.5, 0.6) is 0 Å². The summed E-state index contributed by atoms with van der Waals surface area (Å²) >= 11 is 0. The normalized spacial score (nSPS) is 12.3. The van der Waals surface area contributed by atoms with E-state index in [-0.39, 0.29) is 5.78 Å². The zero-order chi connectivity index (χ0) is 8.20. The molecule has 0 aromatic carbocycles. The molecule has 1 N–H and O–H groups in total. The summed E-state index contributed by atoms with van der Waals surface area (Å²) in [6.45, 7) is 0.351. The minimum atomic E-state index is -0.171. The molecule has 4 nitrogen and oxygen atoms in total. The van der Waals surface area contributed by atoms with Crippen LogP contribution in [-0.4, -0.2) is 49.4 Å². The van der Waals surface area contributed by atoms with Crippen molar-refractivity contribution >= 4 is 12.0 Å². The highest BCUT2D eigenvalue weighted by molar-refractivity contribution is 6.27. The SMILES string of the molecule is C[N+](C)(C)CC(=O)/C=N/O. The third kappa shape index (κ3) is 5.24. The number of likely N-dealkylation sites (N-methyl/N-ethyl adjacent to an activating group) is 1. The van der Waals surface area contributed by atoms with Crippen molar-refractivity contribution in [3.05, 3.63) is 0 Å². The smallest absolute Gasteiger partial charge is 0.231 e. The van der Waals surface area contributed by atoms with Gasteiger partial charge >= 0.3 is 0 Å². The molecule has 0 amide bonds. The monoisotopic (exact) mass is 145 g/mol. The Balaban J connectivity index is 3.81. The molecule has 4 heteroatoms. The van der Waals surface area contributed by atoms with Crippen molar-refractivity contribution < 1.29 is 14.5 Å². The highest BCUT2D eigenvalue weighted by Crippen LogP contribution is 1.87. The highest BCUT2D eigenvalue weighted by atomic mass is 16.4. The maximum atomic E-state index is 10.7. The summed E-state index contributed by atoms with van der Waals surface area (Å²) in [5.74, 6) is -0.171. The van der Waals surface area contributed by atoms with Crippen molar-refractivity contribution in [2.45, 2.75) is 0 Å². The molecule has 0 aromatic heterocycles. The number of oxime groups is 1. The van der Waals surface area contributed by atoms with Gasteiger partial charge < -0.3 is 9.69 Å². The predicted molar refractivity (Wildman–Crippen MR) is 38.2 cm³/mol. The van der Waals surface area contributed by atoms with Crippen LogP contribution in [0.15, 0.2) is 5.16 Å². The van der Waals surface area contributed by atoms with E-state index < -0.39 is 0 Å². The molecular formula is C6H13N2O2+. The standard InChI is InChI=1S/C6H12N2O2/c1-8(2,3)5-6(9)4-7-10/h4H,5H2,1-3H3/p+1. The van der Waals surface area contributed by atoms with Gasteiger partial charge in [-0.2, -0.15) is 0 Å². The fraction of sp³-hybridized carbons (Fsp3) is 0.667. The Morgan fingerprint density at radius 2 is 2.10 bits per heavy atom. The van der Waals surface area contributed by atoms with Crippen molar-refractivity contribution in [3.63, 3.8) is 0 Å². The van der Waals surface area contributed by atoms with Crippen LogP contribution in [0.25, 0.3) is 0 Å². The molecule has 0 heterocycles. The zero-order valence-electron chi connectivity index (χ0n) is 6.53. The number of nitrogens with zero attached hydrogens (tertiary/aromatic N) is 2. The average molecular weight is 145 g/mol. The number of carbonyl (C=O) groups is 1. The van der Waals surface area contributed by atoms with Crippen molar-refractivity contribution in [1.82, 2.24) is 0 Å². The van der Waals surface area contributed by atoms with Crippen LogP contribution in [0.3, 0.4) is 0 Å². The van der Waals surface area contributed by atoms with Gasteiger partial charge in [-0.25, -0.2) is 0 Å². The summed E-state index contributed by atoms with van der Waals surface area (Å²) in [5.41, 5.74) is 0. The van der Waals surface area contributed by atoms with Crippen molar-refractivity contribution in [3.8, 4) is 0 Å². The quantitative estimate of drug-likeness (QED) is 0.257. The lowest BCUT2D eigenvalue weighted by Crippen LogP contribution is -2.39. The van der Waals surface area contributed by atoms with Gasteiger partial charge in [0.2, 0.25) is 5.78 Å². The Labute approximate surface area is 60.3 Å². The molecular weight excluding hydrogens is 132 g/mol. The van der Waals surface area contributed by atoms with Gasteiger partial charge in [-0.05, 0) is 0 Å². The van der Waals surface area contributed by atoms with E-state index >= 15 is 0 Å². The van der Waals surface area contributed by atoms with Crippen molar-refractivity contribution in [1.29, 1.82) is 0 Å². The molecule has 10 heavy (non-hydrogen) atoms. The summed E-state index contributed by atoms with van der Waals surface area (Å²) < 4.78 is 0.546. The Hall–Kier alpha value is -0.900. The number of carbonyl (C=O) groups excluding carboxylic acids is 1. The number of Topliss-reactive ketones (excluding diaryl/α,β-unsaturated/α-hetero) is 1. The second-order valence-electron chi connectivity index (χ2n) is 3.16. The number of ketones is 1. The second kappa shape index (κ2) is 3.31. The van der Waals surface area contributed by atoms with Crippen LogP contribution >= 0.6 is 0 Å². The van der Waals surface area contributed by atoms with Gasteiger partial charge in [0, 0.05) is 0 Å². The van der Waals surface area contributed by atoms with Crippen molar-refractivity contribution in [2.75, 3.05) is 27.7 Å². The fourth-order valence-electron chi connectivity index (χ4n) is 0.573. The Kier molecular flexibility index (Phi) is 3.02. The average Bonchev–Trinajstić information content (AvgIpc) is 1.59. The van der Waals surface area contributed by atoms with Gasteiger partial charge in [0.15, 0.2) is 0 Å². The van der Waals surface area contributed by atoms with E-state index in [4.69, 9.17) is 5.21 Å². The lowest BCUT2D eigenvalue weighted by Gasteiger charge is -2.21. The van der Waals surface area contributed by atoms with Crippen LogP contribution < -0.4 is 0 Å². The zero-order valence-corrected chi connectivity index (χ0v) is 6.53. The van der Waals surface area contributed by atoms with Gasteiger partial charge in [0.05, 0.1) is 21.1 Å². The van der Waals surface area contributed by atoms with Crippen molar-refractivity contribution in [2.24, 2.45) is 5.16 Å². The topological polar surface area (TPSA) is 49.7 Å². The summed E-state index contributed by atoms with van der Waals surface area (Å²) in [5, 5.41) is 10.6. The molecule has 0 atom stereocenters. The molecule has 0 aliphatic rings. The van der Waals surface area contributed by atoms with Crippen LogP contribution in [0.1, 0.15) is 0 Å². The largest absolute Gasteiger partial charge is 0.411 e. The van der Waals surface area contributed by atoms with E-state index in [2.05, 4.69) is 5.16 Å². The molecule has 0 saturated heterocycles. The summed E-state index contributed by atoms with van der Waals surface area (Å²) in [7, 11) is 5.68. The fourth-order valence-corrected chi connectivity index (χ4v) is 0.573. The Morgan fingerprint density at radius 3 is 2.40 bits per heavy atom. The van der Waals surface area contributed by atoms with E-state index in [9.17, 15) is 4.79 Å². The summed E-state index contributed by atoms with van der Waals surface area (Å²) in [6, 6.07) is 0. The maximum absolute atomic E-state index is 10.7. The molecule has 0 aromatic rings. The first kappa shape index (κ1) is 9.10. The predicted octanol–water partition coefficient (Wildman–Crippen LogP) is -0.278. The first-order valence-electron chi connectivity index (χ1n) is 2.96. The minimum Gasteiger partial charge on any atom is -0.411 e. The van der Waals surface area contributed by atoms with Crippen LogP contribution in [-0.2, 0) is 4.79 Å². The molecule has 0 spiro atoms. The minimum absolute atomic E-state index is 0.171. The molecule has 0 unspecified atom stereocenters. The van der Waals surface area contributed by atoms with Gasteiger partial charge in [-0.1, -0.05) is 5.16 Å². The third-order valence-electron chi connectivity index (χ3n) is 0.832. The number of rotatable bonds is 3. The van der Waals surface area contributed by atoms with E-state index in [1.54, 1.807) is 0 Å². The molecule has 0 aliphatic carbocycles. The molecule has 0 fully saturated rings. The van der Waals surface area contributed by atoms with E-state index in [1.807, 2.05) is 21.1 Å². The van der Waals surface area contributed by atoms with Gasteiger partial charge in [0.25, 0.3) is 0 Å². The van der Waals surface area contributed by atoms with E-state index in [0.717, 1.165) is 6.21 Å². The second-order valence-corrected chi connectivity index (χ2v) is 3.16. The van der Waals surface area contributed by atoms with Crippen LogP contribution in [0.4, 0.5) is 0 Å². The molecule has 0 saturated carbocycles. The number of hydrogen-bond acceptors (Lipinski definition) is 3. The summed E-state index contributed by atoms with van der Waals surface area (Å²) in [4.78, 5) is 10.7. The Morgan fingerprint density at radius 1 is 1.60 bits per heavy atom. The number of hydrogen-bond donors (Lipinski definition) is 1. The van der Waals surface area contributed by atoms with Gasteiger partial charge in [-0.3, -0.25) is 4.79 Å². The van der Waals surface area contributed by atoms with Crippen LogP contribution in [0, 0.1) is 0 Å². The van der Waals surface area contributed by atoms with Gasteiger partial charge in [-0.15, -0.1) is 0 Å². The third-order valence-corrected chi connectivity index (χ3v) is 0.832. The van der Waals surface area contributed by atoms with E-state index in [1.165, 1.54) is 0 Å². The Bertz CT molecular complexity index is 146. The van der Waals surface area contributed by atoms with Crippen LogP contribution in [0.2, 0.25) is 0 Å². The molecule has 0 aliphatic heterocycles. The molecule has 0 radical (unpaired) electrons. The first-order chi connectivity index (χ1) is 4.45.